The summed E-state index contributed by atoms with van der Waals surface area (Å²) in [7, 11) is 0. The van der Waals surface area contributed by atoms with Crippen molar-refractivity contribution in [3.63, 3.8) is 0 Å². The molecule has 0 aliphatic carbocycles. The summed E-state index contributed by atoms with van der Waals surface area (Å²) in [6.45, 7) is 5.94. The van der Waals surface area contributed by atoms with Gasteiger partial charge < -0.3 is 16.4 Å². The number of benzene rings is 1. The molecule has 1 aromatic rings. The maximum absolute atomic E-state index is 12.2. The second-order valence-corrected chi connectivity index (χ2v) is 6.89. The normalized spacial score (nSPS) is 18.2. The fourth-order valence-corrected chi connectivity index (χ4v) is 2.71. The molecule has 0 radical (unpaired) electrons. The van der Waals surface area contributed by atoms with Crippen LogP contribution in [0.2, 0.25) is 0 Å². The van der Waals surface area contributed by atoms with Gasteiger partial charge in [-0.15, -0.1) is 11.8 Å². The molecular formula is C14H19N3O2S. The summed E-state index contributed by atoms with van der Waals surface area (Å²) < 4.78 is 0. The number of hydrogen-bond donors (Lipinski definition) is 3. The van der Waals surface area contributed by atoms with Gasteiger partial charge >= 0.3 is 0 Å². The molecule has 1 heterocycles. The van der Waals surface area contributed by atoms with Crippen molar-refractivity contribution in [3.8, 4) is 0 Å². The van der Waals surface area contributed by atoms with Crippen molar-refractivity contribution in [2.45, 2.75) is 36.5 Å². The fourth-order valence-electron chi connectivity index (χ4n) is 1.78. The average Bonchev–Trinajstić information content (AvgIpc) is 2.39. The van der Waals surface area contributed by atoms with E-state index in [1.165, 1.54) is 11.8 Å². The third kappa shape index (κ3) is 3.13. The average molecular weight is 293 g/mol. The third-order valence-electron chi connectivity index (χ3n) is 3.13. The van der Waals surface area contributed by atoms with Gasteiger partial charge in [0, 0.05) is 22.5 Å². The SMILES string of the molecule is CC1Sc2ccc(C(=O)NC(C)(C)CN)cc2NC1=O. The summed E-state index contributed by atoms with van der Waals surface area (Å²) in [4.78, 5) is 24.8. The highest BCUT2D eigenvalue weighted by Crippen LogP contribution is 2.35. The first kappa shape index (κ1) is 14.9. The zero-order valence-electron chi connectivity index (χ0n) is 11.8. The molecule has 2 amide bonds. The Bertz CT molecular complexity index is 557. The lowest BCUT2D eigenvalue weighted by molar-refractivity contribution is -0.115. The number of anilines is 1. The second-order valence-electron chi connectivity index (χ2n) is 5.50. The van der Waals surface area contributed by atoms with Crippen LogP contribution in [0.15, 0.2) is 23.1 Å². The van der Waals surface area contributed by atoms with Gasteiger partial charge in [0.2, 0.25) is 5.91 Å². The first-order chi connectivity index (χ1) is 9.32. The number of nitrogens with two attached hydrogens (primary N) is 1. The van der Waals surface area contributed by atoms with E-state index in [-0.39, 0.29) is 17.1 Å². The largest absolute Gasteiger partial charge is 0.346 e. The monoisotopic (exact) mass is 293 g/mol. The van der Waals surface area contributed by atoms with Crippen molar-refractivity contribution in [2.75, 3.05) is 11.9 Å². The Hall–Kier alpha value is -1.53. The number of rotatable bonds is 3. The van der Waals surface area contributed by atoms with Crippen molar-refractivity contribution in [2.24, 2.45) is 5.73 Å². The zero-order chi connectivity index (χ0) is 14.9. The van der Waals surface area contributed by atoms with Gasteiger partial charge in [-0.05, 0) is 39.0 Å². The molecule has 6 heteroatoms. The Morgan fingerprint density at radius 1 is 1.50 bits per heavy atom. The Morgan fingerprint density at radius 2 is 2.20 bits per heavy atom. The molecule has 1 aromatic carbocycles. The van der Waals surface area contributed by atoms with E-state index in [0.29, 0.717) is 17.8 Å². The first-order valence-corrected chi connectivity index (χ1v) is 7.34. The molecule has 5 nitrogen and oxygen atoms in total. The molecule has 0 saturated heterocycles. The molecule has 0 fully saturated rings. The number of carbonyl (C=O) groups excluding carboxylic acids is 2. The molecule has 1 atom stereocenters. The quantitative estimate of drug-likeness (QED) is 0.790. The summed E-state index contributed by atoms with van der Waals surface area (Å²) in [5.74, 6) is -0.233. The van der Waals surface area contributed by atoms with Crippen LogP contribution in [0.25, 0.3) is 0 Å². The number of thioether (sulfide) groups is 1. The lowest BCUT2D eigenvalue weighted by Crippen LogP contribution is -2.48. The summed E-state index contributed by atoms with van der Waals surface area (Å²) in [6.07, 6.45) is 0. The number of fused-ring (bicyclic) bond motifs is 1. The van der Waals surface area contributed by atoms with E-state index in [9.17, 15) is 9.59 Å². The predicted molar refractivity (Wildman–Crippen MR) is 81.0 cm³/mol. The van der Waals surface area contributed by atoms with E-state index in [4.69, 9.17) is 5.73 Å². The number of hydrogen-bond acceptors (Lipinski definition) is 4. The Labute approximate surface area is 122 Å². The molecule has 2 rings (SSSR count). The molecule has 1 aliphatic heterocycles. The van der Waals surface area contributed by atoms with Crippen LogP contribution in [0, 0.1) is 0 Å². The Morgan fingerprint density at radius 3 is 2.85 bits per heavy atom. The molecule has 4 N–H and O–H groups in total. The zero-order valence-corrected chi connectivity index (χ0v) is 12.6. The smallest absolute Gasteiger partial charge is 0.251 e. The lowest BCUT2D eigenvalue weighted by atomic mass is 10.0. The summed E-state index contributed by atoms with van der Waals surface area (Å²) in [5, 5.41) is 5.57. The van der Waals surface area contributed by atoms with E-state index < -0.39 is 5.54 Å². The predicted octanol–water partition coefficient (Wildman–Crippen LogP) is 1.59. The lowest BCUT2D eigenvalue weighted by Gasteiger charge is -2.25. The molecule has 0 saturated carbocycles. The molecule has 108 valence electrons. The molecule has 1 unspecified atom stereocenters. The standard InChI is InChI=1S/C14H19N3O2S/c1-8-12(18)16-10-6-9(4-5-11(10)20-8)13(19)17-14(2,3)7-15/h4-6,8H,7,15H2,1-3H3,(H,16,18)(H,17,19). The molecule has 20 heavy (non-hydrogen) atoms. The minimum absolute atomic E-state index is 0.0395. The molecule has 1 aliphatic rings. The van der Waals surface area contributed by atoms with Gasteiger partial charge in [0.25, 0.3) is 5.91 Å². The van der Waals surface area contributed by atoms with Crippen LogP contribution >= 0.6 is 11.8 Å². The highest BCUT2D eigenvalue weighted by Gasteiger charge is 2.25. The number of nitrogens with one attached hydrogen (secondary N) is 2. The van der Waals surface area contributed by atoms with Crippen molar-refractivity contribution in [3.05, 3.63) is 23.8 Å². The minimum atomic E-state index is -0.459. The van der Waals surface area contributed by atoms with Crippen molar-refractivity contribution in [1.29, 1.82) is 0 Å². The Balaban J connectivity index is 2.21. The van der Waals surface area contributed by atoms with Crippen molar-refractivity contribution < 1.29 is 9.59 Å². The number of amides is 2. The number of carbonyl (C=O) groups is 2. The van der Waals surface area contributed by atoms with Crippen LogP contribution in [0.3, 0.4) is 0 Å². The van der Waals surface area contributed by atoms with Crippen molar-refractivity contribution >= 4 is 29.3 Å². The van der Waals surface area contributed by atoms with Gasteiger partial charge in [0.05, 0.1) is 10.9 Å². The summed E-state index contributed by atoms with van der Waals surface area (Å²) in [5.41, 5.74) is 6.35. The van der Waals surface area contributed by atoms with Gasteiger partial charge in [-0.1, -0.05) is 0 Å². The van der Waals surface area contributed by atoms with Gasteiger partial charge in [-0.25, -0.2) is 0 Å². The highest BCUT2D eigenvalue weighted by atomic mass is 32.2. The maximum atomic E-state index is 12.2. The van der Waals surface area contributed by atoms with Gasteiger partial charge in [-0.2, -0.15) is 0 Å². The van der Waals surface area contributed by atoms with Gasteiger partial charge in [0.1, 0.15) is 0 Å². The molecule has 0 bridgehead atoms. The van der Waals surface area contributed by atoms with Gasteiger partial charge in [0.15, 0.2) is 0 Å². The van der Waals surface area contributed by atoms with E-state index in [1.54, 1.807) is 12.1 Å². The van der Waals surface area contributed by atoms with Gasteiger partial charge in [-0.3, -0.25) is 9.59 Å². The second kappa shape index (κ2) is 5.46. The summed E-state index contributed by atoms with van der Waals surface area (Å²) in [6, 6.07) is 5.33. The van der Waals surface area contributed by atoms with Crippen LogP contribution in [0.5, 0.6) is 0 Å². The fraction of sp³-hybridized carbons (Fsp3) is 0.429. The summed E-state index contributed by atoms with van der Waals surface area (Å²) >= 11 is 1.49. The molecule has 0 spiro atoms. The minimum Gasteiger partial charge on any atom is -0.346 e. The van der Waals surface area contributed by atoms with Crippen LogP contribution < -0.4 is 16.4 Å². The van der Waals surface area contributed by atoms with E-state index in [2.05, 4.69) is 10.6 Å². The maximum Gasteiger partial charge on any atom is 0.251 e. The Kier molecular flexibility index (Phi) is 4.06. The van der Waals surface area contributed by atoms with E-state index >= 15 is 0 Å². The third-order valence-corrected chi connectivity index (χ3v) is 4.31. The molecular weight excluding hydrogens is 274 g/mol. The van der Waals surface area contributed by atoms with Crippen LogP contribution in [-0.2, 0) is 4.79 Å². The van der Waals surface area contributed by atoms with E-state index in [0.717, 1.165) is 4.90 Å². The first-order valence-electron chi connectivity index (χ1n) is 6.46. The highest BCUT2D eigenvalue weighted by molar-refractivity contribution is 8.00. The van der Waals surface area contributed by atoms with Crippen LogP contribution in [0.1, 0.15) is 31.1 Å². The van der Waals surface area contributed by atoms with Crippen LogP contribution in [0.4, 0.5) is 5.69 Å². The van der Waals surface area contributed by atoms with E-state index in [1.807, 2.05) is 26.8 Å². The van der Waals surface area contributed by atoms with Crippen LogP contribution in [-0.4, -0.2) is 29.1 Å². The topological polar surface area (TPSA) is 84.2 Å². The molecule has 0 aromatic heterocycles. The van der Waals surface area contributed by atoms with Crippen molar-refractivity contribution in [1.82, 2.24) is 5.32 Å².